The first-order valence-electron chi connectivity index (χ1n) is 11.1. The van der Waals surface area contributed by atoms with Crippen LogP contribution in [0.5, 0.6) is 0 Å². The van der Waals surface area contributed by atoms with Gasteiger partial charge in [0.15, 0.2) is 12.4 Å². The SMILES string of the molecule is CC12CCC(C/C1=N/NC(=O)COC(=O)C1CCN(C(=O)c3ccco3)CC1)C2(C)C. The van der Waals surface area contributed by atoms with Crippen molar-refractivity contribution in [2.45, 2.75) is 52.9 Å². The van der Waals surface area contributed by atoms with E-state index in [-0.39, 0.29) is 29.3 Å². The lowest BCUT2D eigenvalue weighted by atomic mass is 9.70. The normalized spacial score (nSPS) is 28.7. The number of carbonyl (C=O) groups excluding carboxylic acids is 3. The summed E-state index contributed by atoms with van der Waals surface area (Å²) in [6.07, 6.45) is 5.69. The fourth-order valence-electron chi connectivity index (χ4n) is 5.39. The van der Waals surface area contributed by atoms with Crippen molar-refractivity contribution in [3.05, 3.63) is 24.2 Å². The summed E-state index contributed by atoms with van der Waals surface area (Å²) in [6, 6.07) is 3.30. The molecule has 1 aromatic rings. The van der Waals surface area contributed by atoms with Crippen LogP contribution in [0.3, 0.4) is 0 Å². The van der Waals surface area contributed by atoms with Gasteiger partial charge in [0.25, 0.3) is 11.8 Å². The highest BCUT2D eigenvalue weighted by Crippen LogP contribution is 2.63. The van der Waals surface area contributed by atoms with E-state index in [9.17, 15) is 14.4 Å². The molecule has 0 radical (unpaired) electrons. The summed E-state index contributed by atoms with van der Waals surface area (Å²) in [4.78, 5) is 38.5. The third-order valence-corrected chi connectivity index (χ3v) is 8.02. The molecule has 3 aliphatic rings. The maximum atomic E-state index is 12.3. The summed E-state index contributed by atoms with van der Waals surface area (Å²) in [6.45, 7) is 7.36. The number of rotatable bonds is 5. The number of hydrazone groups is 1. The number of nitrogens with one attached hydrogen (secondary N) is 1. The second-order valence-corrected chi connectivity index (χ2v) is 9.74. The van der Waals surface area contributed by atoms with Crippen LogP contribution in [-0.2, 0) is 14.3 Å². The number of amides is 2. The molecule has 1 saturated heterocycles. The Kier molecular flexibility index (Phi) is 5.66. The number of piperidine rings is 1. The highest BCUT2D eigenvalue weighted by Gasteiger charge is 2.60. The lowest BCUT2D eigenvalue weighted by Crippen LogP contribution is -2.41. The van der Waals surface area contributed by atoms with E-state index in [0.29, 0.717) is 37.6 Å². The monoisotopic (exact) mass is 429 g/mol. The van der Waals surface area contributed by atoms with Crippen LogP contribution in [0.15, 0.2) is 27.9 Å². The molecule has 4 rings (SSSR count). The predicted molar refractivity (Wildman–Crippen MR) is 113 cm³/mol. The Morgan fingerprint density at radius 1 is 1.23 bits per heavy atom. The quantitative estimate of drug-likeness (QED) is 0.573. The average molecular weight is 430 g/mol. The number of carbonyl (C=O) groups is 3. The molecule has 2 bridgehead atoms. The van der Waals surface area contributed by atoms with Crippen molar-refractivity contribution >= 4 is 23.5 Å². The van der Waals surface area contributed by atoms with Crippen LogP contribution in [0.4, 0.5) is 0 Å². The third-order valence-electron chi connectivity index (χ3n) is 8.02. The van der Waals surface area contributed by atoms with Crippen LogP contribution >= 0.6 is 0 Å². The molecule has 1 aliphatic heterocycles. The molecule has 2 unspecified atom stereocenters. The fraction of sp³-hybridized carbons (Fsp3) is 0.652. The first-order valence-corrected chi connectivity index (χ1v) is 11.1. The zero-order valence-electron chi connectivity index (χ0n) is 18.5. The predicted octanol–water partition coefficient (Wildman–Crippen LogP) is 2.99. The number of hydrogen-bond acceptors (Lipinski definition) is 6. The van der Waals surface area contributed by atoms with E-state index in [0.717, 1.165) is 18.6 Å². The molecule has 168 valence electrons. The molecule has 0 spiro atoms. The van der Waals surface area contributed by atoms with E-state index < -0.39 is 11.9 Å². The zero-order valence-corrected chi connectivity index (χ0v) is 18.5. The van der Waals surface area contributed by atoms with Crippen LogP contribution in [-0.4, -0.2) is 48.1 Å². The molecule has 1 aromatic heterocycles. The minimum absolute atomic E-state index is 0.0165. The second kappa shape index (κ2) is 8.13. The number of hydrogen-bond donors (Lipinski definition) is 1. The van der Waals surface area contributed by atoms with Gasteiger partial charge in [0, 0.05) is 24.2 Å². The Morgan fingerprint density at radius 3 is 2.55 bits per heavy atom. The molecule has 2 heterocycles. The topological polar surface area (TPSA) is 101 Å². The van der Waals surface area contributed by atoms with Gasteiger partial charge in [-0.15, -0.1) is 0 Å². The Morgan fingerprint density at radius 2 is 1.97 bits per heavy atom. The van der Waals surface area contributed by atoms with Crippen molar-refractivity contribution in [2.75, 3.05) is 19.7 Å². The van der Waals surface area contributed by atoms with Gasteiger partial charge in [-0.05, 0) is 55.6 Å². The Balaban J connectivity index is 1.21. The van der Waals surface area contributed by atoms with E-state index in [1.807, 2.05) is 0 Å². The summed E-state index contributed by atoms with van der Waals surface area (Å²) in [7, 11) is 0. The molecule has 3 fully saturated rings. The van der Waals surface area contributed by atoms with Gasteiger partial charge >= 0.3 is 5.97 Å². The van der Waals surface area contributed by atoms with Crippen molar-refractivity contribution < 1.29 is 23.5 Å². The van der Waals surface area contributed by atoms with Crippen molar-refractivity contribution in [1.82, 2.24) is 10.3 Å². The Bertz CT molecular complexity index is 883. The van der Waals surface area contributed by atoms with Gasteiger partial charge in [-0.2, -0.15) is 5.10 Å². The maximum absolute atomic E-state index is 12.3. The summed E-state index contributed by atoms with van der Waals surface area (Å²) in [5, 5.41) is 4.39. The van der Waals surface area contributed by atoms with Gasteiger partial charge < -0.3 is 14.1 Å². The number of ether oxygens (including phenoxy) is 1. The van der Waals surface area contributed by atoms with Crippen molar-refractivity contribution in [1.29, 1.82) is 0 Å². The highest BCUT2D eigenvalue weighted by molar-refractivity contribution is 5.95. The largest absolute Gasteiger partial charge is 0.459 e. The van der Waals surface area contributed by atoms with Gasteiger partial charge in [-0.25, -0.2) is 5.43 Å². The number of furan rings is 1. The summed E-state index contributed by atoms with van der Waals surface area (Å²) < 4.78 is 10.4. The van der Waals surface area contributed by atoms with Gasteiger partial charge in [-0.1, -0.05) is 20.8 Å². The van der Waals surface area contributed by atoms with Crippen LogP contribution in [0.1, 0.15) is 63.4 Å². The molecule has 0 aromatic carbocycles. The average Bonchev–Trinajstić information content (AvgIpc) is 3.42. The molecule has 31 heavy (non-hydrogen) atoms. The van der Waals surface area contributed by atoms with Gasteiger partial charge in [-0.3, -0.25) is 14.4 Å². The summed E-state index contributed by atoms with van der Waals surface area (Å²) >= 11 is 0. The summed E-state index contributed by atoms with van der Waals surface area (Å²) in [5.74, 6) is -0.405. The number of esters is 1. The number of nitrogens with zero attached hydrogens (tertiary/aromatic N) is 2. The highest BCUT2D eigenvalue weighted by atomic mass is 16.5. The molecule has 8 nitrogen and oxygen atoms in total. The molecular weight excluding hydrogens is 398 g/mol. The van der Waals surface area contributed by atoms with Gasteiger partial charge in [0.2, 0.25) is 0 Å². The van der Waals surface area contributed by atoms with Crippen molar-refractivity contribution in [2.24, 2.45) is 27.8 Å². The Labute approximate surface area is 182 Å². The first kappa shape index (κ1) is 21.6. The first-order chi connectivity index (χ1) is 14.7. The smallest absolute Gasteiger partial charge is 0.309 e. The van der Waals surface area contributed by atoms with Gasteiger partial charge in [0.1, 0.15) is 0 Å². The molecule has 1 N–H and O–H groups in total. The van der Waals surface area contributed by atoms with E-state index in [4.69, 9.17) is 9.15 Å². The van der Waals surface area contributed by atoms with Gasteiger partial charge in [0.05, 0.1) is 12.2 Å². The van der Waals surface area contributed by atoms with Crippen LogP contribution in [0.25, 0.3) is 0 Å². The van der Waals surface area contributed by atoms with Crippen LogP contribution in [0.2, 0.25) is 0 Å². The van der Waals surface area contributed by atoms with Crippen molar-refractivity contribution in [3.8, 4) is 0 Å². The molecule has 2 amide bonds. The minimum atomic E-state index is -0.421. The van der Waals surface area contributed by atoms with E-state index >= 15 is 0 Å². The van der Waals surface area contributed by atoms with E-state index in [2.05, 4.69) is 31.3 Å². The van der Waals surface area contributed by atoms with Crippen LogP contribution in [0, 0.1) is 22.7 Å². The molecule has 2 atom stereocenters. The standard InChI is InChI=1S/C23H31N3O5/c1-22(2)16-6-9-23(22,3)18(13-16)24-25-19(27)14-31-21(29)15-7-10-26(11-8-15)20(28)17-5-4-12-30-17/h4-5,12,15-16H,6-11,13-14H2,1-3H3,(H,25,27)/b24-18-. The summed E-state index contributed by atoms with van der Waals surface area (Å²) in [5.41, 5.74) is 3.83. The molecule has 2 saturated carbocycles. The molecule has 8 heteroatoms. The zero-order chi connectivity index (χ0) is 22.2. The maximum Gasteiger partial charge on any atom is 0.309 e. The number of likely N-dealkylation sites (tertiary alicyclic amines) is 1. The molecule has 2 aliphatic carbocycles. The second-order valence-electron chi connectivity index (χ2n) is 9.74. The van der Waals surface area contributed by atoms with Crippen molar-refractivity contribution in [3.63, 3.8) is 0 Å². The molecular formula is C23H31N3O5. The lowest BCUT2D eigenvalue weighted by Gasteiger charge is -2.34. The lowest BCUT2D eigenvalue weighted by molar-refractivity contribution is -0.153. The van der Waals surface area contributed by atoms with E-state index in [1.165, 1.54) is 12.7 Å². The third kappa shape index (κ3) is 3.88. The minimum Gasteiger partial charge on any atom is -0.459 e. The number of fused-ring (bicyclic) bond motifs is 2. The fourth-order valence-corrected chi connectivity index (χ4v) is 5.39. The Hall–Kier alpha value is -2.64. The van der Waals surface area contributed by atoms with E-state index in [1.54, 1.807) is 17.0 Å². The van der Waals surface area contributed by atoms with Crippen LogP contribution < -0.4 is 5.43 Å².